The summed E-state index contributed by atoms with van der Waals surface area (Å²) >= 11 is 0. The van der Waals surface area contributed by atoms with Gasteiger partial charge < -0.3 is 15.7 Å². The molecule has 1 amide bonds. The molecule has 1 aliphatic rings. The first-order valence-corrected chi connectivity index (χ1v) is 6.54. The summed E-state index contributed by atoms with van der Waals surface area (Å²) in [6.07, 6.45) is 2.78. The van der Waals surface area contributed by atoms with Crippen LogP contribution in [0.2, 0.25) is 0 Å². The zero-order chi connectivity index (χ0) is 14.0. The first kappa shape index (κ1) is 15.0. The fourth-order valence-corrected chi connectivity index (χ4v) is 2.57. The Morgan fingerprint density at radius 3 is 2.61 bits per heavy atom. The Balaban J connectivity index is 2.79. The van der Waals surface area contributed by atoms with Gasteiger partial charge in [0.1, 0.15) is 0 Å². The number of likely N-dealkylation sites (tertiary alicyclic amines) is 1. The summed E-state index contributed by atoms with van der Waals surface area (Å²) < 4.78 is 0. The van der Waals surface area contributed by atoms with Crippen molar-refractivity contribution in [2.45, 2.75) is 52.0 Å². The van der Waals surface area contributed by atoms with Crippen LogP contribution in [0.5, 0.6) is 0 Å². The fraction of sp³-hybridized carbons (Fsp3) is 0.846. The first-order valence-electron chi connectivity index (χ1n) is 6.54. The van der Waals surface area contributed by atoms with Gasteiger partial charge >= 0.3 is 5.97 Å². The number of amides is 1. The Hall–Kier alpha value is -1.10. The number of rotatable bonds is 4. The molecule has 0 aromatic heterocycles. The molecule has 1 heterocycles. The highest BCUT2D eigenvalue weighted by molar-refractivity contribution is 5.86. The van der Waals surface area contributed by atoms with Crippen LogP contribution in [0.1, 0.15) is 46.5 Å². The monoisotopic (exact) mass is 256 g/mol. The largest absolute Gasteiger partial charge is 0.481 e. The van der Waals surface area contributed by atoms with Crippen LogP contribution in [-0.4, -0.2) is 40.5 Å². The zero-order valence-electron chi connectivity index (χ0n) is 11.5. The molecule has 0 bridgehead atoms. The molecule has 18 heavy (non-hydrogen) atoms. The number of nitrogens with zero attached hydrogens (tertiary/aromatic N) is 1. The van der Waals surface area contributed by atoms with E-state index in [1.807, 2.05) is 6.92 Å². The van der Waals surface area contributed by atoms with Gasteiger partial charge in [-0.2, -0.15) is 0 Å². The molecular weight excluding hydrogens is 232 g/mol. The summed E-state index contributed by atoms with van der Waals surface area (Å²) in [5, 5.41) is 9.23. The van der Waals surface area contributed by atoms with Gasteiger partial charge in [0.05, 0.1) is 11.0 Å². The minimum absolute atomic E-state index is 0.128. The van der Waals surface area contributed by atoms with Crippen molar-refractivity contribution in [1.82, 2.24) is 4.90 Å². The highest BCUT2D eigenvalue weighted by Gasteiger charge is 2.42. The Kier molecular flexibility index (Phi) is 4.37. The third kappa shape index (κ3) is 3.02. The van der Waals surface area contributed by atoms with Crippen LogP contribution in [0, 0.1) is 5.41 Å². The second-order valence-corrected chi connectivity index (χ2v) is 5.86. The van der Waals surface area contributed by atoms with E-state index in [0.717, 1.165) is 12.8 Å². The van der Waals surface area contributed by atoms with Crippen molar-refractivity contribution in [2.24, 2.45) is 11.1 Å². The van der Waals surface area contributed by atoms with Gasteiger partial charge in [-0.3, -0.25) is 9.59 Å². The minimum Gasteiger partial charge on any atom is -0.481 e. The minimum atomic E-state index is -0.883. The Morgan fingerprint density at radius 2 is 2.11 bits per heavy atom. The lowest BCUT2D eigenvalue weighted by atomic mass is 9.81. The van der Waals surface area contributed by atoms with Gasteiger partial charge in [-0.1, -0.05) is 13.3 Å². The van der Waals surface area contributed by atoms with Crippen LogP contribution in [-0.2, 0) is 9.59 Å². The summed E-state index contributed by atoms with van der Waals surface area (Å²) in [5.74, 6) is -0.967. The quantitative estimate of drug-likeness (QED) is 0.792. The predicted molar refractivity (Wildman–Crippen MR) is 69.1 cm³/mol. The van der Waals surface area contributed by atoms with Gasteiger partial charge in [-0.25, -0.2) is 0 Å². The van der Waals surface area contributed by atoms with Gasteiger partial charge in [0, 0.05) is 13.1 Å². The Bertz CT molecular complexity index is 341. The predicted octanol–water partition coefficient (Wildman–Crippen LogP) is 1.22. The van der Waals surface area contributed by atoms with Gasteiger partial charge in [0.2, 0.25) is 5.91 Å². The van der Waals surface area contributed by atoms with Crippen LogP contribution < -0.4 is 5.73 Å². The lowest BCUT2D eigenvalue weighted by Gasteiger charge is -2.40. The van der Waals surface area contributed by atoms with Gasteiger partial charge in [-0.05, 0) is 33.1 Å². The van der Waals surface area contributed by atoms with E-state index in [2.05, 4.69) is 0 Å². The molecule has 0 aliphatic carbocycles. The number of carboxylic acid groups (broad SMARTS) is 1. The third-order valence-corrected chi connectivity index (χ3v) is 3.76. The van der Waals surface area contributed by atoms with Gasteiger partial charge in [-0.15, -0.1) is 0 Å². The maximum atomic E-state index is 12.3. The molecular formula is C13H24N2O3. The standard InChI is InChI=1S/C13H24N2O3/c1-4-6-13(3,14)10(16)15-8-5-7-12(2,9-15)11(17)18/h4-9,14H2,1-3H3,(H,17,18). The molecule has 0 aromatic carbocycles. The molecule has 3 N–H and O–H groups in total. The molecule has 5 nitrogen and oxygen atoms in total. The summed E-state index contributed by atoms with van der Waals surface area (Å²) in [5.41, 5.74) is 4.31. The molecule has 0 saturated carbocycles. The maximum Gasteiger partial charge on any atom is 0.311 e. The average molecular weight is 256 g/mol. The molecule has 1 aliphatic heterocycles. The highest BCUT2D eigenvalue weighted by atomic mass is 16.4. The third-order valence-electron chi connectivity index (χ3n) is 3.76. The van der Waals surface area contributed by atoms with Crippen molar-refractivity contribution in [2.75, 3.05) is 13.1 Å². The number of carboxylic acids is 1. The first-order chi connectivity index (χ1) is 8.23. The Morgan fingerprint density at radius 1 is 1.50 bits per heavy atom. The van der Waals surface area contributed by atoms with Gasteiger partial charge in [0.15, 0.2) is 0 Å². The van der Waals surface area contributed by atoms with Crippen molar-refractivity contribution < 1.29 is 14.7 Å². The van der Waals surface area contributed by atoms with Crippen molar-refractivity contribution in [3.8, 4) is 0 Å². The molecule has 2 atom stereocenters. The van der Waals surface area contributed by atoms with E-state index in [1.54, 1.807) is 18.7 Å². The van der Waals surface area contributed by atoms with Gasteiger partial charge in [0.25, 0.3) is 0 Å². The van der Waals surface area contributed by atoms with E-state index in [1.165, 1.54) is 0 Å². The highest BCUT2D eigenvalue weighted by Crippen LogP contribution is 2.31. The van der Waals surface area contributed by atoms with Crippen molar-refractivity contribution in [3.63, 3.8) is 0 Å². The van der Waals surface area contributed by atoms with E-state index in [4.69, 9.17) is 5.73 Å². The van der Waals surface area contributed by atoms with E-state index in [-0.39, 0.29) is 12.5 Å². The molecule has 1 rings (SSSR count). The Labute approximate surface area is 108 Å². The fourth-order valence-electron chi connectivity index (χ4n) is 2.57. The smallest absolute Gasteiger partial charge is 0.311 e. The molecule has 5 heteroatoms. The molecule has 0 aromatic rings. The molecule has 0 spiro atoms. The molecule has 0 radical (unpaired) electrons. The van der Waals surface area contributed by atoms with Crippen molar-refractivity contribution >= 4 is 11.9 Å². The number of aliphatic carboxylic acids is 1. The molecule has 2 unspecified atom stereocenters. The maximum absolute atomic E-state index is 12.3. The van der Waals surface area contributed by atoms with Crippen molar-refractivity contribution in [1.29, 1.82) is 0 Å². The lowest BCUT2D eigenvalue weighted by Crippen LogP contribution is -2.58. The van der Waals surface area contributed by atoms with E-state index < -0.39 is 16.9 Å². The van der Waals surface area contributed by atoms with Crippen molar-refractivity contribution in [3.05, 3.63) is 0 Å². The summed E-state index contributed by atoms with van der Waals surface area (Å²) in [7, 11) is 0. The second-order valence-electron chi connectivity index (χ2n) is 5.86. The van der Waals surface area contributed by atoms with Crippen LogP contribution in [0.3, 0.4) is 0 Å². The van der Waals surface area contributed by atoms with E-state index >= 15 is 0 Å². The topological polar surface area (TPSA) is 83.6 Å². The summed E-state index contributed by atoms with van der Waals surface area (Å²) in [4.78, 5) is 25.2. The van der Waals surface area contributed by atoms with Crippen LogP contribution in [0.25, 0.3) is 0 Å². The summed E-state index contributed by atoms with van der Waals surface area (Å²) in [6, 6.07) is 0. The second kappa shape index (κ2) is 5.26. The zero-order valence-corrected chi connectivity index (χ0v) is 11.5. The number of hydrogen-bond acceptors (Lipinski definition) is 3. The SMILES string of the molecule is CCCC(C)(N)C(=O)N1CCCC(C)(C(=O)O)C1. The van der Waals surface area contributed by atoms with Crippen LogP contribution >= 0.6 is 0 Å². The number of hydrogen-bond donors (Lipinski definition) is 2. The number of nitrogens with two attached hydrogens (primary N) is 1. The molecule has 104 valence electrons. The summed E-state index contributed by atoms with van der Waals surface area (Å²) in [6.45, 7) is 6.28. The van der Waals surface area contributed by atoms with Crippen LogP contribution in [0.15, 0.2) is 0 Å². The molecule has 1 fully saturated rings. The van der Waals surface area contributed by atoms with E-state index in [9.17, 15) is 14.7 Å². The lowest BCUT2D eigenvalue weighted by molar-refractivity contribution is -0.154. The molecule has 1 saturated heterocycles. The number of carbonyl (C=O) groups is 2. The number of piperidine rings is 1. The van der Waals surface area contributed by atoms with Crippen LogP contribution in [0.4, 0.5) is 0 Å². The number of carbonyl (C=O) groups excluding carboxylic acids is 1. The normalized spacial score (nSPS) is 27.7. The van der Waals surface area contributed by atoms with E-state index in [0.29, 0.717) is 19.4 Å². The average Bonchev–Trinajstić information content (AvgIpc) is 2.27.